The van der Waals surface area contributed by atoms with Gasteiger partial charge in [-0.3, -0.25) is 9.69 Å². The maximum absolute atomic E-state index is 13.3. The van der Waals surface area contributed by atoms with Gasteiger partial charge in [0.15, 0.2) is 0 Å². The molecule has 1 saturated heterocycles. The van der Waals surface area contributed by atoms with E-state index in [-0.39, 0.29) is 11.9 Å². The first-order valence-electron chi connectivity index (χ1n) is 7.54. The SMILES string of the molecule is CC(C)C(CNC(=O)c1cc(F)ccc1Br)N1CCOCC1. The minimum absolute atomic E-state index is 0.250. The zero-order valence-electron chi connectivity index (χ0n) is 12.9. The number of carbonyl (C=O) groups excluding carboxylic acids is 1. The van der Waals surface area contributed by atoms with E-state index in [1.165, 1.54) is 12.1 Å². The fourth-order valence-corrected chi connectivity index (χ4v) is 3.09. The van der Waals surface area contributed by atoms with Crippen molar-refractivity contribution in [2.24, 2.45) is 5.92 Å². The predicted octanol–water partition coefficient (Wildman–Crippen LogP) is 2.67. The van der Waals surface area contributed by atoms with E-state index in [1.54, 1.807) is 6.07 Å². The molecule has 2 rings (SSSR count). The molecule has 1 aliphatic rings. The summed E-state index contributed by atoms with van der Waals surface area (Å²) in [6.45, 7) is 8.04. The van der Waals surface area contributed by atoms with Gasteiger partial charge in [0.1, 0.15) is 5.82 Å². The quantitative estimate of drug-likeness (QED) is 0.863. The van der Waals surface area contributed by atoms with Crippen LogP contribution in [0.5, 0.6) is 0 Å². The fraction of sp³-hybridized carbons (Fsp3) is 0.562. The molecule has 22 heavy (non-hydrogen) atoms. The van der Waals surface area contributed by atoms with Gasteiger partial charge < -0.3 is 10.1 Å². The van der Waals surface area contributed by atoms with Crippen LogP contribution in [0.15, 0.2) is 22.7 Å². The lowest BCUT2D eigenvalue weighted by molar-refractivity contribution is 0.00672. The van der Waals surface area contributed by atoms with Gasteiger partial charge in [0.25, 0.3) is 5.91 Å². The van der Waals surface area contributed by atoms with Gasteiger partial charge in [-0.15, -0.1) is 0 Å². The van der Waals surface area contributed by atoms with Crippen molar-refractivity contribution in [2.75, 3.05) is 32.8 Å². The lowest BCUT2D eigenvalue weighted by atomic mass is 10.0. The number of morpholine rings is 1. The van der Waals surface area contributed by atoms with Crippen molar-refractivity contribution in [1.82, 2.24) is 10.2 Å². The van der Waals surface area contributed by atoms with E-state index in [4.69, 9.17) is 4.74 Å². The molecule has 0 spiro atoms. The molecule has 1 aromatic rings. The van der Waals surface area contributed by atoms with Crippen LogP contribution in [-0.2, 0) is 4.74 Å². The topological polar surface area (TPSA) is 41.6 Å². The molecule has 0 bridgehead atoms. The Balaban J connectivity index is 1.99. The first-order chi connectivity index (χ1) is 10.5. The monoisotopic (exact) mass is 372 g/mol. The van der Waals surface area contributed by atoms with Crippen LogP contribution in [0.4, 0.5) is 4.39 Å². The standard InChI is InChI=1S/C16H22BrFN2O2/c1-11(2)15(20-5-7-22-8-6-20)10-19-16(21)13-9-12(18)3-4-14(13)17/h3-4,9,11,15H,5-8,10H2,1-2H3,(H,19,21). The third-order valence-electron chi connectivity index (χ3n) is 3.93. The van der Waals surface area contributed by atoms with E-state index in [0.717, 1.165) is 26.3 Å². The molecule has 1 aromatic carbocycles. The van der Waals surface area contributed by atoms with Crippen molar-refractivity contribution in [3.63, 3.8) is 0 Å². The van der Waals surface area contributed by atoms with Crippen LogP contribution >= 0.6 is 15.9 Å². The summed E-state index contributed by atoms with van der Waals surface area (Å²) in [6, 6.07) is 4.37. The van der Waals surface area contributed by atoms with Crippen molar-refractivity contribution >= 4 is 21.8 Å². The van der Waals surface area contributed by atoms with E-state index < -0.39 is 5.82 Å². The first-order valence-corrected chi connectivity index (χ1v) is 8.33. The van der Waals surface area contributed by atoms with Crippen LogP contribution < -0.4 is 5.32 Å². The van der Waals surface area contributed by atoms with Gasteiger partial charge in [0, 0.05) is 30.1 Å². The summed E-state index contributed by atoms with van der Waals surface area (Å²) in [5.74, 6) is -0.262. The number of benzene rings is 1. The molecule has 6 heteroatoms. The number of amides is 1. The Bertz CT molecular complexity index is 519. The number of hydrogen-bond donors (Lipinski definition) is 1. The molecule has 0 saturated carbocycles. The Hall–Kier alpha value is -0.980. The van der Waals surface area contributed by atoms with E-state index in [2.05, 4.69) is 40.0 Å². The number of carbonyl (C=O) groups is 1. The number of hydrogen-bond acceptors (Lipinski definition) is 3. The number of halogens is 2. The second-order valence-corrected chi connectivity index (χ2v) is 6.65. The highest BCUT2D eigenvalue weighted by Gasteiger charge is 2.24. The van der Waals surface area contributed by atoms with Gasteiger partial charge in [-0.05, 0) is 40.0 Å². The molecule has 1 N–H and O–H groups in total. The van der Waals surface area contributed by atoms with Crippen LogP contribution in [-0.4, -0.2) is 49.7 Å². The maximum Gasteiger partial charge on any atom is 0.252 e. The van der Waals surface area contributed by atoms with E-state index in [9.17, 15) is 9.18 Å². The highest BCUT2D eigenvalue weighted by Crippen LogP contribution is 2.18. The Morgan fingerprint density at radius 1 is 1.41 bits per heavy atom. The molecule has 1 atom stereocenters. The molecule has 0 aliphatic carbocycles. The van der Waals surface area contributed by atoms with Crippen LogP contribution in [0.25, 0.3) is 0 Å². The minimum atomic E-state index is -0.415. The van der Waals surface area contributed by atoms with Gasteiger partial charge in [0.05, 0.1) is 18.8 Å². The van der Waals surface area contributed by atoms with Crippen molar-refractivity contribution in [1.29, 1.82) is 0 Å². The summed E-state index contributed by atoms with van der Waals surface area (Å²) in [7, 11) is 0. The van der Waals surface area contributed by atoms with Gasteiger partial charge >= 0.3 is 0 Å². The average Bonchev–Trinajstić information content (AvgIpc) is 2.50. The van der Waals surface area contributed by atoms with Gasteiger partial charge in [-0.1, -0.05) is 13.8 Å². The second-order valence-electron chi connectivity index (χ2n) is 5.79. The fourth-order valence-electron chi connectivity index (χ4n) is 2.66. The van der Waals surface area contributed by atoms with Crippen molar-refractivity contribution in [3.8, 4) is 0 Å². The van der Waals surface area contributed by atoms with E-state index in [1.807, 2.05) is 0 Å². The number of ether oxygens (including phenoxy) is 1. The second kappa shape index (κ2) is 8.04. The zero-order valence-corrected chi connectivity index (χ0v) is 14.5. The molecule has 0 radical (unpaired) electrons. The largest absolute Gasteiger partial charge is 0.379 e. The predicted molar refractivity (Wildman–Crippen MR) is 87.5 cm³/mol. The Kier molecular flexibility index (Phi) is 6.35. The molecule has 0 aromatic heterocycles. The highest BCUT2D eigenvalue weighted by molar-refractivity contribution is 9.10. The third-order valence-corrected chi connectivity index (χ3v) is 4.62. The lowest BCUT2D eigenvalue weighted by Gasteiger charge is -2.36. The van der Waals surface area contributed by atoms with E-state index >= 15 is 0 Å². The van der Waals surface area contributed by atoms with Crippen molar-refractivity contribution in [3.05, 3.63) is 34.1 Å². The molecule has 1 heterocycles. The molecular weight excluding hydrogens is 351 g/mol. The average molecular weight is 373 g/mol. The zero-order chi connectivity index (χ0) is 16.1. The molecular formula is C16H22BrFN2O2. The number of nitrogens with one attached hydrogen (secondary N) is 1. The highest BCUT2D eigenvalue weighted by atomic mass is 79.9. The number of nitrogens with zero attached hydrogens (tertiary/aromatic N) is 1. The molecule has 1 amide bonds. The lowest BCUT2D eigenvalue weighted by Crippen LogP contribution is -2.51. The maximum atomic E-state index is 13.3. The summed E-state index contributed by atoms with van der Waals surface area (Å²) in [5.41, 5.74) is 0.324. The summed E-state index contributed by atoms with van der Waals surface area (Å²) >= 11 is 3.29. The van der Waals surface area contributed by atoms with Crippen molar-refractivity contribution in [2.45, 2.75) is 19.9 Å². The van der Waals surface area contributed by atoms with Crippen LogP contribution in [0.2, 0.25) is 0 Å². The molecule has 4 nitrogen and oxygen atoms in total. The molecule has 1 unspecified atom stereocenters. The summed E-state index contributed by atoms with van der Waals surface area (Å²) < 4.78 is 19.3. The summed E-state index contributed by atoms with van der Waals surface area (Å²) in [5, 5.41) is 2.93. The van der Waals surface area contributed by atoms with Gasteiger partial charge in [-0.2, -0.15) is 0 Å². The first kappa shape index (κ1) is 17.4. The third kappa shape index (κ3) is 4.51. The van der Waals surface area contributed by atoms with Gasteiger partial charge in [-0.25, -0.2) is 4.39 Å². The normalized spacial score (nSPS) is 17.5. The summed E-state index contributed by atoms with van der Waals surface area (Å²) in [6.07, 6.45) is 0. The Labute approximate surface area is 139 Å². The smallest absolute Gasteiger partial charge is 0.252 e. The van der Waals surface area contributed by atoms with Crippen molar-refractivity contribution < 1.29 is 13.9 Å². The van der Waals surface area contributed by atoms with E-state index in [0.29, 0.717) is 22.5 Å². The van der Waals surface area contributed by atoms with Crippen LogP contribution in [0.1, 0.15) is 24.2 Å². The number of rotatable bonds is 5. The molecule has 122 valence electrons. The van der Waals surface area contributed by atoms with Crippen LogP contribution in [0.3, 0.4) is 0 Å². The minimum Gasteiger partial charge on any atom is -0.379 e. The molecule has 1 aliphatic heterocycles. The molecule has 1 fully saturated rings. The Morgan fingerprint density at radius 3 is 2.73 bits per heavy atom. The van der Waals surface area contributed by atoms with Crippen LogP contribution in [0, 0.1) is 11.7 Å². The summed E-state index contributed by atoms with van der Waals surface area (Å²) in [4.78, 5) is 14.6. The van der Waals surface area contributed by atoms with Gasteiger partial charge in [0.2, 0.25) is 0 Å². The Morgan fingerprint density at radius 2 is 2.09 bits per heavy atom.